The molecule has 1 aromatic carbocycles. The standard InChI is InChI=1S/C22H30N4O/c1-25(15-16-8-4-3-5-9-16)22(27)21-19-14-18(23-17-10-6-7-11-17)12-13-20(19)26(2)24-21/h3-5,8-9,17-18,23H,6-7,10-15H2,1-2H3. The number of carbonyl (C=O) groups is 1. The number of nitrogens with one attached hydrogen (secondary N) is 1. The quantitative estimate of drug-likeness (QED) is 0.885. The summed E-state index contributed by atoms with van der Waals surface area (Å²) in [7, 11) is 3.84. The van der Waals surface area contributed by atoms with Crippen molar-refractivity contribution in [2.24, 2.45) is 7.05 Å². The molecule has 1 unspecified atom stereocenters. The minimum Gasteiger partial charge on any atom is -0.336 e. The van der Waals surface area contributed by atoms with Crippen molar-refractivity contribution < 1.29 is 4.79 Å². The van der Waals surface area contributed by atoms with Crippen LogP contribution in [-0.4, -0.2) is 39.7 Å². The number of carbonyl (C=O) groups excluding carboxylic acids is 1. The zero-order valence-corrected chi connectivity index (χ0v) is 16.4. The minimum absolute atomic E-state index is 0.0252. The van der Waals surface area contributed by atoms with Gasteiger partial charge in [0.1, 0.15) is 0 Å². The zero-order chi connectivity index (χ0) is 18.8. The molecule has 5 heteroatoms. The predicted molar refractivity (Wildman–Crippen MR) is 107 cm³/mol. The fourth-order valence-corrected chi connectivity index (χ4v) is 4.64. The molecule has 2 aliphatic carbocycles. The highest BCUT2D eigenvalue weighted by atomic mass is 16.2. The first-order valence-electron chi connectivity index (χ1n) is 10.2. The van der Waals surface area contributed by atoms with Crippen LogP contribution in [0.5, 0.6) is 0 Å². The average molecular weight is 367 g/mol. The molecule has 1 atom stereocenters. The van der Waals surface area contributed by atoms with Crippen LogP contribution >= 0.6 is 0 Å². The molecule has 2 aliphatic rings. The molecular weight excluding hydrogens is 336 g/mol. The van der Waals surface area contributed by atoms with Crippen molar-refractivity contribution in [1.82, 2.24) is 20.0 Å². The highest BCUT2D eigenvalue weighted by Gasteiger charge is 2.30. The Labute approximate surface area is 161 Å². The summed E-state index contributed by atoms with van der Waals surface area (Å²) in [6.45, 7) is 0.606. The second kappa shape index (κ2) is 7.85. The van der Waals surface area contributed by atoms with Crippen molar-refractivity contribution in [2.75, 3.05) is 7.05 Å². The molecule has 0 radical (unpaired) electrons. The van der Waals surface area contributed by atoms with Gasteiger partial charge < -0.3 is 10.2 Å². The summed E-state index contributed by atoms with van der Waals surface area (Å²) in [5.41, 5.74) is 4.17. The summed E-state index contributed by atoms with van der Waals surface area (Å²) in [6.07, 6.45) is 8.33. The Kier molecular flexibility index (Phi) is 5.30. The van der Waals surface area contributed by atoms with Gasteiger partial charge >= 0.3 is 0 Å². The first-order valence-corrected chi connectivity index (χ1v) is 10.2. The summed E-state index contributed by atoms with van der Waals surface area (Å²) in [6, 6.07) is 11.3. The molecule has 2 aromatic rings. The molecule has 5 nitrogen and oxygen atoms in total. The van der Waals surface area contributed by atoms with E-state index < -0.39 is 0 Å². The summed E-state index contributed by atoms with van der Waals surface area (Å²) >= 11 is 0. The lowest BCUT2D eigenvalue weighted by Gasteiger charge is -2.27. The van der Waals surface area contributed by atoms with Crippen LogP contribution in [0, 0.1) is 0 Å². The topological polar surface area (TPSA) is 50.2 Å². The molecule has 0 saturated heterocycles. The third-order valence-corrected chi connectivity index (χ3v) is 6.09. The first-order chi connectivity index (χ1) is 13.1. The van der Waals surface area contributed by atoms with E-state index in [1.54, 1.807) is 4.90 Å². The van der Waals surface area contributed by atoms with Gasteiger partial charge in [0.15, 0.2) is 5.69 Å². The van der Waals surface area contributed by atoms with Crippen molar-refractivity contribution in [2.45, 2.75) is 63.6 Å². The number of aromatic nitrogens is 2. The fraction of sp³-hybridized carbons (Fsp3) is 0.545. The smallest absolute Gasteiger partial charge is 0.274 e. The Bertz CT molecular complexity index is 792. The van der Waals surface area contributed by atoms with Gasteiger partial charge in [-0.1, -0.05) is 43.2 Å². The van der Waals surface area contributed by atoms with Crippen LogP contribution in [0.2, 0.25) is 0 Å². The lowest BCUT2D eigenvalue weighted by molar-refractivity contribution is 0.0777. The number of fused-ring (bicyclic) bond motifs is 1. The van der Waals surface area contributed by atoms with E-state index in [4.69, 9.17) is 0 Å². The van der Waals surface area contributed by atoms with E-state index in [-0.39, 0.29) is 5.91 Å². The molecular formula is C22H30N4O. The van der Waals surface area contributed by atoms with Crippen molar-refractivity contribution in [1.29, 1.82) is 0 Å². The number of benzene rings is 1. The normalized spacial score (nSPS) is 19.9. The van der Waals surface area contributed by atoms with Gasteiger partial charge in [-0.2, -0.15) is 5.10 Å². The Hall–Kier alpha value is -2.14. The van der Waals surface area contributed by atoms with E-state index >= 15 is 0 Å². The van der Waals surface area contributed by atoms with Gasteiger partial charge in [-0.3, -0.25) is 9.48 Å². The van der Waals surface area contributed by atoms with Gasteiger partial charge in [-0.15, -0.1) is 0 Å². The van der Waals surface area contributed by atoms with E-state index in [1.807, 2.05) is 37.0 Å². The second-order valence-corrected chi connectivity index (χ2v) is 8.13. The highest BCUT2D eigenvalue weighted by molar-refractivity contribution is 5.94. The molecule has 27 heavy (non-hydrogen) atoms. The monoisotopic (exact) mass is 366 g/mol. The summed E-state index contributed by atoms with van der Waals surface area (Å²) in [5.74, 6) is 0.0252. The Morgan fingerprint density at radius 1 is 1.19 bits per heavy atom. The van der Waals surface area contributed by atoms with E-state index in [2.05, 4.69) is 22.5 Å². The fourth-order valence-electron chi connectivity index (χ4n) is 4.64. The van der Waals surface area contributed by atoms with E-state index in [1.165, 1.54) is 31.4 Å². The molecule has 1 saturated carbocycles. The van der Waals surface area contributed by atoms with Gasteiger partial charge in [0, 0.05) is 44.0 Å². The van der Waals surface area contributed by atoms with Crippen LogP contribution in [0.4, 0.5) is 0 Å². The van der Waals surface area contributed by atoms with Crippen molar-refractivity contribution in [3.05, 3.63) is 52.8 Å². The summed E-state index contributed by atoms with van der Waals surface area (Å²) < 4.78 is 1.92. The summed E-state index contributed by atoms with van der Waals surface area (Å²) in [5, 5.41) is 8.46. The minimum atomic E-state index is 0.0252. The van der Waals surface area contributed by atoms with Crippen molar-refractivity contribution >= 4 is 5.91 Å². The van der Waals surface area contributed by atoms with Crippen LogP contribution < -0.4 is 5.32 Å². The zero-order valence-electron chi connectivity index (χ0n) is 16.4. The van der Waals surface area contributed by atoms with Crippen LogP contribution in [0.15, 0.2) is 30.3 Å². The maximum absolute atomic E-state index is 13.1. The number of hydrogen-bond donors (Lipinski definition) is 1. The van der Waals surface area contributed by atoms with Crippen LogP contribution in [0.3, 0.4) is 0 Å². The van der Waals surface area contributed by atoms with Crippen LogP contribution in [-0.2, 0) is 26.4 Å². The number of nitrogens with zero attached hydrogens (tertiary/aromatic N) is 3. The van der Waals surface area contributed by atoms with Gasteiger partial charge in [-0.25, -0.2) is 0 Å². The lowest BCUT2D eigenvalue weighted by Crippen LogP contribution is -2.41. The van der Waals surface area contributed by atoms with E-state index in [0.29, 0.717) is 24.3 Å². The Balaban J connectivity index is 1.49. The number of aryl methyl sites for hydroxylation is 1. The van der Waals surface area contributed by atoms with Crippen molar-refractivity contribution in [3.8, 4) is 0 Å². The maximum Gasteiger partial charge on any atom is 0.274 e. The van der Waals surface area contributed by atoms with Gasteiger partial charge in [-0.05, 0) is 37.7 Å². The summed E-state index contributed by atoms with van der Waals surface area (Å²) in [4.78, 5) is 14.9. The molecule has 144 valence electrons. The number of rotatable bonds is 5. The molecule has 1 N–H and O–H groups in total. The van der Waals surface area contributed by atoms with Crippen molar-refractivity contribution in [3.63, 3.8) is 0 Å². The number of hydrogen-bond acceptors (Lipinski definition) is 3. The maximum atomic E-state index is 13.1. The van der Waals surface area contributed by atoms with E-state index in [9.17, 15) is 4.79 Å². The second-order valence-electron chi connectivity index (χ2n) is 8.13. The largest absolute Gasteiger partial charge is 0.336 e. The average Bonchev–Trinajstić information content (AvgIpc) is 3.30. The number of amides is 1. The molecule has 1 amide bonds. The molecule has 1 aromatic heterocycles. The van der Waals surface area contributed by atoms with Gasteiger partial charge in [0.2, 0.25) is 0 Å². The Morgan fingerprint density at radius 3 is 2.67 bits per heavy atom. The van der Waals surface area contributed by atoms with E-state index in [0.717, 1.165) is 30.4 Å². The molecule has 0 bridgehead atoms. The molecule has 4 rings (SSSR count). The first kappa shape index (κ1) is 18.2. The van der Waals surface area contributed by atoms with Gasteiger partial charge in [0.25, 0.3) is 5.91 Å². The highest BCUT2D eigenvalue weighted by Crippen LogP contribution is 2.27. The molecule has 1 fully saturated rings. The molecule has 1 heterocycles. The van der Waals surface area contributed by atoms with Crippen LogP contribution in [0.25, 0.3) is 0 Å². The predicted octanol–water partition coefficient (Wildman–Crippen LogP) is 3.08. The Morgan fingerprint density at radius 2 is 1.93 bits per heavy atom. The van der Waals surface area contributed by atoms with Gasteiger partial charge in [0.05, 0.1) is 0 Å². The third-order valence-electron chi connectivity index (χ3n) is 6.09. The lowest BCUT2D eigenvalue weighted by atomic mass is 9.90. The molecule has 0 spiro atoms. The SMILES string of the molecule is CN(Cc1ccccc1)C(=O)c1nn(C)c2c1CC(NC1CCCC1)CC2. The molecule has 0 aliphatic heterocycles. The van der Waals surface area contributed by atoms with Crippen LogP contribution in [0.1, 0.15) is 59.4 Å². The third kappa shape index (κ3) is 3.93.